The van der Waals surface area contributed by atoms with Gasteiger partial charge in [0.25, 0.3) is 0 Å². The number of imidazole rings is 1. The Balaban J connectivity index is 1.27. The van der Waals surface area contributed by atoms with Crippen LogP contribution < -0.4 is 5.32 Å². The number of amides is 1. The predicted molar refractivity (Wildman–Crippen MR) is 112 cm³/mol. The van der Waals surface area contributed by atoms with Gasteiger partial charge in [0, 0.05) is 55.8 Å². The number of halogens is 1. The third-order valence-electron chi connectivity index (χ3n) is 5.17. The molecule has 3 aromatic rings. The Kier molecular flexibility index (Phi) is 5.62. The number of hydrogen-bond acceptors (Lipinski definition) is 4. The summed E-state index contributed by atoms with van der Waals surface area (Å²) in [4.78, 5) is 21.6. The van der Waals surface area contributed by atoms with E-state index >= 15 is 0 Å². The third kappa shape index (κ3) is 4.35. The summed E-state index contributed by atoms with van der Waals surface area (Å²) in [5, 5.41) is 3.64. The van der Waals surface area contributed by atoms with Crippen LogP contribution in [0.1, 0.15) is 11.3 Å². The Morgan fingerprint density at radius 1 is 1.11 bits per heavy atom. The lowest BCUT2D eigenvalue weighted by atomic mass is 10.2. The van der Waals surface area contributed by atoms with Gasteiger partial charge in [0.2, 0.25) is 5.91 Å². The first-order valence-corrected chi connectivity index (χ1v) is 9.88. The second-order valence-electron chi connectivity index (χ2n) is 7.21. The predicted octanol–water partition coefficient (Wildman–Crippen LogP) is 3.05. The maximum atomic E-state index is 12.4. The number of fused-ring (bicyclic) bond motifs is 1. The van der Waals surface area contributed by atoms with E-state index in [2.05, 4.69) is 26.3 Å². The highest BCUT2D eigenvalue weighted by Gasteiger charge is 2.20. The lowest BCUT2D eigenvalue weighted by Gasteiger charge is -2.33. The molecule has 0 saturated carbocycles. The number of pyridine rings is 1. The molecule has 1 fully saturated rings. The van der Waals surface area contributed by atoms with E-state index in [1.54, 1.807) is 0 Å². The molecular weight excluding hydrogens is 374 g/mol. The second-order valence-corrected chi connectivity index (χ2v) is 7.62. The van der Waals surface area contributed by atoms with E-state index in [9.17, 15) is 4.79 Å². The number of nitrogens with one attached hydrogen (secondary N) is 1. The van der Waals surface area contributed by atoms with E-state index in [-0.39, 0.29) is 5.91 Å². The van der Waals surface area contributed by atoms with E-state index in [1.165, 1.54) is 0 Å². The summed E-state index contributed by atoms with van der Waals surface area (Å²) in [6, 6.07) is 11.6. The number of aromatic nitrogens is 2. The molecule has 0 spiro atoms. The van der Waals surface area contributed by atoms with Gasteiger partial charge in [-0.25, -0.2) is 4.98 Å². The van der Waals surface area contributed by atoms with E-state index in [0.717, 1.165) is 55.3 Å². The molecule has 1 saturated heterocycles. The molecule has 6 nitrogen and oxygen atoms in total. The highest BCUT2D eigenvalue weighted by atomic mass is 35.5. The largest absolute Gasteiger partial charge is 0.325 e. The summed E-state index contributed by atoms with van der Waals surface area (Å²) in [6.07, 6.45) is 4.10. The van der Waals surface area contributed by atoms with Crippen LogP contribution in [0.3, 0.4) is 0 Å². The zero-order valence-corrected chi connectivity index (χ0v) is 16.7. The summed E-state index contributed by atoms with van der Waals surface area (Å²) in [7, 11) is 0. The van der Waals surface area contributed by atoms with Crippen LogP contribution >= 0.6 is 11.6 Å². The molecule has 28 heavy (non-hydrogen) atoms. The van der Waals surface area contributed by atoms with Crippen molar-refractivity contribution >= 4 is 28.8 Å². The van der Waals surface area contributed by atoms with Crippen molar-refractivity contribution in [2.75, 3.05) is 38.0 Å². The maximum absolute atomic E-state index is 12.4. The number of nitrogens with zero attached hydrogens (tertiary/aromatic N) is 4. The lowest BCUT2D eigenvalue weighted by Crippen LogP contribution is -2.48. The van der Waals surface area contributed by atoms with Gasteiger partial charge in [0.1, 0.15) is 5.65 Å². The van der Waals surface area contributed by atoms with Crippen LogP contribution in [0, 0.1) is 6.92 Å². The van der Waals surface area contributed by atoms with Gasteiger partial charge < -0.3 is 9.72 Å². The Hall–Kier alpha value is -2.41. The number of anilines is 1. The van der Waals surface area contributed by atoms with Crippen LogP contribution in [0.25, 0.3) is 5.65 Å². The summed E-state index contributed by atoms with van der Waals surface area (Å²) < 4.78 is 2.05. The van der Waals surface area contributed by atoms with Crippen molar-refractivity contribution in [2.24, 2.45) is 0 Å². The molecule has 1 N–H and O–H groups in total. The lowest BCUT2D eigenvalue weighted by molar-refractivity contribution is -0.117. The monoisotopic (exact) mass is 397 g/mol. The molecule has 7 heteroatoms. The van der Waals surface area contributed by atoms with Gasteiger partial charge in [0.15, 0.2) is 0 Å². The Labute approximate surface area is 169 Å². The van der Waals surface area contributed by atoms with Crippen molar-refractivity contribution in [3.05, 3.63) is 65.1 Å². The molecule has 0 aliphatic carbocycles. The van der Waals surface area contributed by atoms with E-state index in [1.807, 2.05) is 53.9 Å². The van der Waals surface area contributed by atoms with Crippen LogP contribution in [-0.2, 0) is 11.3 Å². The van der Waals surface area contributed by atoms with Crippen LogP contribution in [0.4, 0.5) is 5.69 Å². The number of benzene rings is 1. The molecule has 146 valence electrons. The van der Waals surface area contributed by atoms with Crippen LogP contribution in [0.5, 0.6) is 0 Å². The van der Waals surface area contributed by atoms with Crippen molar-refractivity contribution in [3.8, 4) is 0 Å². The minimum Gasteiger partial charge on any atom is -0.325 e. The fourth-order valence-electron chi connectivity index (χ4n) is 3.53. The van der Waals surface area contributed by atoms with E-state index in [4.69, 9.17) is 11.6 Å². The van der Waals surface area contributed by atoms with E-state index in [0.29, 0.717) is 11.6 Å². The minimum atomic E-state index is -0.000771. The molecular formula is C21H24ClN5O. The van der Waals surface area contributed by atoms with Crippen molar-refractivity contribution < 1.29 is 4.79 Å². The summed E-state index contributed by atoms with van der Waals surface area (Å²) >= 11 is 6.12. The number of piperazine rings is 1. The second kappa shape index (κ2) is 8.31. The Morgan fingerprint density at radius 3 is 2.68 bits per heavy atom. The van der Waals surface area contributed by atoms with Crippen LogP contribution in [0.15, 0.2) is 48.8 Å². The normalized spacial score (nSPS) is 15.8. The SMILES string of the molecule is Cc1c(Cl)cccc1NC(=O)CN1CCN(Cc2cn3ccccc3n2)CC1. The average Bonchev–Trinajstić information content (AvgIpc) is 3.09. The van der Waals surface area contributed by atoms with Crippen LogP contribution in [0.2, 0.25) is 5.02 Å². The molecule has 4 rings (SSSR count). The first-order valence-electron chi connectivity index (χ1n) is 9.51. The quantitative estimate of drug-likeness (QED) is 0.719. The van der Waals surface area contributed by atoms with Gasteiger partial charge in [-0.1, -0.05) is 23.7 Å². The zero-order valence-electron chi connectivity index (χ0n) is 15.9. The third-order valence-corrected chi connectivity index (χ3v) is 5.58. The van der Waals surface area contributed by atoms with Crippen molar-refractivity contribution in [3.63, 3.8) is 0 Å². The van der Waals surface area contributed by atoms with Gasteiger partial charge >= 0.3 is 0 Å². The van der Waals surface area contributed by atoms with Crippen molar-refractivity contribution in [1.29, 1.82) is 0 Å². The van der Waals surface area contributed by atoms with Gasteiger partial charge in [-0.05, 0) is 36.8 Å². The molecule has 0 atom stereocenters. The number of carbonyl (C=O) groups is 1. The van der Waals surface area contributed by atoms with Crippen molar-refractivity contribution in [2.45, 2.75) is 13.5 Å². The summed E-state index contributed by atoms with van der Waals surface area (Å²) in [5.74, 6) is -0.000771. The molecule has 1 amide bonds. The number of hydrogen-bond donors (Lipinski definition) is 1. The molecule has 1 aliphatic rings. The smallest absolute Gasteiger partial charge is 0.238 e. The fourth-order valence-corrected chi connectivity index (χ4v) is 3.71. The molecule has 1 aliphatic heterocycles. The van der Waals surface area contributed by atoms with Gasteiger partial charge in [-0.15, -0.1) is 0 Å². The molecule has 3 heterocycles. The van der Waals surface area contributed by atoms with Gasteiger partial charge in [-0.3, -0.25) is 14.6 Å². The Bertz CT molecular complexity index is 945. The molecule has 0 bridgehead atoms. The number of rotatable bonds is 5. The topological polar surface area (TPSA) is 52.9 Å². The highest BCUT2D eigenvalue weighted by molar-refractivity contribution is 6.31. The fraction of sp³-hybridized carbons (Fsp3) is 0.333. The number of carbonyl (C=O) groups excluding carboxylic acids is 1. The molecule has 0 radical (unpaired) electrons. The van der Waals surface area contributed by atoms with Gasteiger partial charge in [-0.2, -0.15) is 0 Å². The van der Waals surface area contributed by atoms with Crippen LogP contribution in [-0.4, -0.2) is 57.8 Å². The molecule has 1 aromatic carbocycles. The van der Waals surface area contributed by atoms with E-state index < -0.39 is 0 Å². The van der Waals surface area contributed by atoms with Crippen molar-refractivity contribution in [1.82, 2.24) is 19.2 Å². The maximum Gasteiger partial charge on any atom is 0.238 e. The summed E-state index contributed by atoms with van der Waals surface area (Å²) in [6.45, 7) is 6.74. The standard InChI is InChI=1S/C21H24ClN5O/c1-16-18(22)5-4-6-19(16)24-21(28)15-26-11-9-25(10-12-26)13-17-14-27-8-3-2-7-20(27)23-17/h2-8,14H,9-13,15H2,1H3,(H,24,28). The van der Waals surface area contributed by atoms with Gasteiger partial charge in [0.05, 0.1) is 12.2 Å². The summed E-state index contributed by atoms with van der Waals surface area (Å²) in [5.41, 5.74) is 3.73. The highest BCUT2D eigenvalue weighted by Crippen LogP contribution is 2.22. The first kappa shape index (κ1) is 18.9. The molecule has 2 aromatic heterocycles. The molecule has 0 unspecified atom stereocenters. The average molecular weight is 398 g/mol. The first-order chi connectivity index (χ1) is 13.6. The zero-order chi connectivity index (χ0) is 19.5. The minimum absolute atomic E-state index is 0.000771. The Morgan fingerprint density at radius 2 is 1.89 bits per heavy atom.